The maximum absolute atomic E-state index is 12.6. The van der Waals surface area contributed by atoms with Crippen LogP contribution in [0, 0.1) is 12.8 Å². The Bertz CT molecular complexity index is 693. The van der Waals surface area contributed by atoms with Crippen molar-refractivity contribution in [3.8, 4) is 0 Å². The molecule has 1 aromatic carbocycles. The Labute approximate surface area is 177 Å². The molecule has 0 saturated carbocycles. The average molecular weight is 427 g/mol. The first-order valence-corrected chi connectivity index (χ1v) is 10.9. The van der Waals surface area contributed by atoms with Gasteiger partial charge in [0.1, 0.15) is 0 Å². The predicted octanol–water partition coefficient (Wildman–Crippen LogP) is 3.65. The number of aryl methyl sites for hydroxylation is 1. The summed E-state index contributed by atoms with van der Waals surface area (Å²) in [6, 6.07) is 8.43. The molecule has 2 fully saturated rings. The van der Waals surface area contributed by atoms with Gasteiger partial charge < -0.3 is 15.4 Å². The van der Waals surface area contributed by atoms with E-state index in [0.717, 1.165) is 19.4 Å². The summed E-state index contributed by atoms with van der Waals surface area (Å²) in [4.78, 5) is 6.22. The maximum atomic E-state index is 12.6. The smallest absolute Gasteiger partial charge is 0.373 e. The van der Waals surface area contributed by atoms with Gasteiger partial charge in [0.15, 0.2) is 5.96 Å². The molecule has 0 aromatic heterocycles. The Morgan fingerprint density at radius 2 is 2.00 bits per heavy atom. The van der Waals surface area contributed by atoms with E-state index < -0.39 is 12.7 Å². The molecule has 8 heteroatoms. The summed E-state index contributed by atoms with van der Waals surface area (Å²) in [6.45, 7) is 6.11. The normalized spacial score (nSPS) is 26.0. The average Bonchev–Trinajstić information content (AvgIpc) is 3.12. The van der Waals surface area contributed by atoms with E-state index in [1.54, 1.807) is 0 Å². The largest absolute Gasteiger partial charge is 0.401 e. The van der Waals surface area contributed by atoms with Crippen molar-refractivity contribution in [3.05, 3.63) is 35.4 Å². The van der Waals surface area contributed by atoms with Gasteiger partial charge in [0, 0.05) is 44.7 Å². The number of hydrogen-bond donors (Lipinski definition) is 2. The molecule has 0 aliphatic carbocycles. The molecular formula is C22H33F3N4O. The molecule has 0 amide bonds. The maximum Gasteiger partial charge on any atom is 0.401 e. The molecule has 2 aliphatic heterocycles. The molecule has 30 heavy (non-hydrogen) atoms. The fourth-order valence-corrected chi connectivity index (χ4v) is 4.22. The number of nitrogens with one attached hydrogen (secondary N) is 2. The van der Waals surface area contributed by atoms with Crippen LogP contribution in [0.4, 0.5) is 13.2 Å². The quantitative estimate of drug-likeness (QED) is 0.539. The van der Waals surface area contributed by atoms with Gasteiger partial charge >= 0.3 is 6.18 Å². The summed E-state index contributed by atoms with van der Waals surface area (Å²) in [5.74, 6) is 0.951. The standard InChI is InChI=1S/C22H33F3N4O/c1-3-26-21(28-19-10-11-29(14-19)15-22(23,24)25)27-13-18-5-4-12-30-20(18)17-8-6-16(2)7-9-17/h6-9,18-20H,3-5,10-15H2,1-2H3,(H2,26,27,28). The fourth-order valence-electron chi connectivity index (χ4n) is 4.22. The Kier molecular flexibility index (Phi) is 7.99. The number of alkyl halides is 3. The number of guanidine groups is 1. The summed E-state index contributed by atoms with van der Waals surface area (Å²) in [6.07, 6.45) is -1.38. The molecule has 3 unspecified atom stereocenters. The van der Waals surface area contributed by atoms with Crippen molar-refractivity contribution in [1.82, 2.24) is 15.5 Å². The van der Waals surface area contributed by atoms with Crippen LogP contribution in [0.15, 0.2) is 29.3 Å². The first-order chi connectivity index (χ1) is 14.3. The van der Waals surface area contributed by atoms with E-state index in [1.807, 2.05) is 6.92 Å². The van der Waals surface area contributed by atoms with Gasteiger partial charge in [-0.15, -0.1) is 0 Å². The highest BCUT2D eigenvalue weighted by Crippen LogP contribution is 2.34. The highest BCUT2D eigenvalue weighted by Gasteiger charge is 2.34. The van der Waals surface area contributed by atoms with E-state index in [2.05, 4.69) is 41.8 Å². The van der Waals surface area contributed by atoms with Gasteiger partial charge in [-0.25, -0.2) is 0 Å². The summed E-state index contributed by atoms with van der Waals surface area (Å²) in [7, 11) is 0. The molecule has 5 nitrogen and oxygen atoms in total. The van der Waals surface area contributed by atoms with Crippen LogP contribution in [0.5, 0.6) is 0 Å². The number of aliphatic imine (C=N–C) groups is 1. The molecular weight excluding hydrogens is 393 g/mol. The van der Waals surface area contributed by atoms with Gasteiger partial charge in [-0.1, -0.05) is 29.8 Å². The lowest BCUT2D eigenvalue weighted by atomic mass is 9.89. The summed E-state index contributed by atoms with van der Waals surface area (Å²) in [5.41, 5.74) is 2.40. The van der Waals surface area contributed by atoms with Crippen molar-refractivity contribution >= 4 is 5.96 Å². The molecule has 2 aliphatic rings. The second-order valence-electron chi connectivity index (χ2n) is 8.30. The molecule has 2 saturated heterocycles. The van der Waals surface area contributed by atoms with Gasteiger partial charge in [-0.2, -0.15) is 13.2 Å². The lowest BCUT2D eigenvalue weighted by Gasteiger charge is -2.31. The van der Waals surface area contributed by atoms with Gasteiger partial charge in [0.25, 0.3) is 0 Å². The number of benzene rings is 1. The molecule has 1 aromatic rings. The van der Waals surface area contributed by atoms with E-state index in [0.29, 0.717) is 38.6 Å². The minimum Gasteiger partial charge on any atom is -0.373 e. The summed E-state index contributed by atoms with van der Waals surface area (Å²) >= 11 is 0. The number of hydrogen-bond acceptors (Lipinski definition) is 3. The molecule has 3 atom stereocenters. The highest BCUT2D eigenvalue weighted by molar-refractivity contribution is 5.80. The Morgan fingerprint density at radius 1 is 1.23 bits per heavy atom. The van der Waals surface area contributed by atoms with Crippen LogP contribution in [-0.2, 0) is 4.74 Å². The first-order valence-electron chi connectivity index (χ1n) is 10.9. The highest BCUT2D eigenvalue weighted by atomic mass is 19.4. The number of likely N-dealkylation sites (tertiary alicyclic amines) is 1. The van der Waals surface area contributed by atoms with E-state index in [9.17, 15) is 13.2 Å². The minimum atomic E-state index is -4.15. The van der Waals surface area contributed by atoms with Gasteiger partial charge in [0.2, 0.25) is 0 Å². The molecule has 2 heterocycles. The third kappa shape index (κ3) is 6.87. The second kappa shape index (κ2) is 10.5. The van der Waals surface area contributed by atoms with Crippen LogP contribution in [-0.4, -0.2) is 62.4 Å². The third-order valence-electron chi connectivity index (χ3n) is 5.69. The fraction of sp³-hybridized carbons (Fsp3) is 0.682. The van der Waals surface area contributed by atoms with E-state index >= 15 is 0 Å². The first kappa shape index (κ1) is 22.9. The SMILES string of the molecule is CCNC(=NCC1CCCOC1c1ccc(C)cc1)NC1CCN(CC(F)(F)F)C1. The number of rotatable bonds is 6. The lowest BCUT2D eigenvalue weighted by molar-refractivity contribution is -0.143. The Morgan fingerprint density at radius 3 is 2.70 bits per heavy atom. The van der Waals surface area contributed by atoms with Crippen molar-refractivity contribution < 1.29 is 17.9 Å². The van der Waals surface area contributed by atoms with Gasteiger partial charge in [-0.05, 0) is 38.7 Å². The summed E-state index contributed by atoms with van der Waals surface area (Å²) < 4.78 is 44.0. The predicted molar refractivity (Wildman–Crippen MR) is 113 cm³/mol. The van der Waals surface area contributed by atoms with Crippen LogP contribution in [0.1, 0.15) is 43.4 Å². The Hall–Kier alpha value is -1.80. The van der Waals surface area contributed by atoms with Crippen molar-refractivity contribution in [2.24, 2.45) is 10.9 Å². The van der Waals surface area contributed by atoms with Crippen molar-refractivity contribution in [3.63, 3.8) is 0 Å². The molecule has 0 spiro atoms. The third-order valence-corrected chi connectivity index (χ3v) is 5.69. The van der Waals surface area contributed by atoms with Crippen LogP contribution < -0.4 is 10.6 Å². The van der Waals surface area contributed by atoms with Crippen molar-refractivity contribution in [1.29, 1.82) is 0 Å². The van der Waals surface area contributed by atoms with Crippen LogP contribution >= 0.6 is 0 Å². The molecule has 0 radical (unpaired) electrons. The molecule has 0 bridgehead atoms. The van der Waals surface area contributed by atoms with Crippen molar-refractivity contribution in [2.75, 3.05) is 39.3 Å². The zero-order valence-electron chi connectivity index (χ0n) is 17.8. The molecule has 3 rings (SSSR count). The number of halogens is 3. The van der Waals surface area contributed by atoms with E-state index in [1.165, 1.54) is 16.0 Å². The molecule has 168 valence electrons. The van der Waals surface area contributed by atoms with Crippen LogP contribution in [0.2, 0.25) is 0 Å². The zero-order valence-corrected chi connectivity index (χ0v) is 17.8. The minimum absolute atomic E-state index is 0.0272. The van der Waals surface area contributed by atoms with Crippen LogP contribution in [0.25, 0.3) is 0 Å². The number of ether oxygens (including phenoxy) is 1. The van der Waals surface area contributed by atoms with E-state index in [4.69, 9.17) is 9.73 Å². The van der Waals surface area contributed by atoms with Crippen molar-refractivity contribution in [2.45, 2.75) is 51.4 Å². The second-order valence-corrected chi connectivity index (χ2v) is 8.30. The van der Waals surface area contributed by atoms with E-state index in [-0.39, 0.29) is 18.1 Å². The number of nitrogens with zero attached hydrogens (tertiary/aromatic N) is 2. The Balaban J connectivity index is 1.59. The van der Waals surface area contributed by atoms with Gasteiger partial charge in [0.05, 0.1) is 12.6 Å². The lowest BCUT2D eigenvalue weighted by Crippen LogP contribution is -2.45. The zero-order chi connectivity index (χ0) is 21.6. The molecule has 2 N–H and O–H groups in total. The summed E-state index contributed by atoms with van der Waals surface area (Å²) in [5, 5.41) is 6.55. The van der Waals surface area contributed by atoms with Crippen LogP contribution in [0.3, 0.4) is 0 Å². The van der Waals surface area contributed by atoms with Gasteiger partial charge in [-0.3, -0.25) is 9.89 Å². The monoisotopic (exact) mass is 426 g/mol. The topological polar surface area (TPSA) is 48.9 Å².